The number of unbranched alkanes of at least 4 members (excludes halogenated alkanes) is 24. The van der Waals surface area contributed by atoms with E-state index in [-0.39, 0.29) is 31.1 Å². The Morgan fingerprint density at radius 1 is 0.373 bits per heavy atom. The predicted molar refractivity (Wildman–Crippen MR) is 215 cm³/mol. The van der Waals surface area contributed by atoms with Crippen LogP contribution in [0.3, 0.4) is 0 Å². The second kappa shape index (κ2) is 38.1. The van der Waals surface area contributed by atoms with Crippen LogP contribution in [-0.4, -0.2) is 37.2 Å². The Kier molecular flexibility index (Phi) is 37.0. The van der Waals surface area contributed by atoms with Crippen LogP contribution in [0.4, 0.5) is 0 Å². The summed E-state index contributed by atoms with van der Waals surface area (Å²) in [4.78, 5) is 37.6. The molecule has 0 rings (SSSR count). The second-order valence-electron chi connectivity index (χ2n) is 16.3. The van der Waals surface area contributed by atoms with Gasteiger partial charge in [-0.2, -0.15) is 0 Å². The average molecular weight is 723 g/mol. The molecule has 302 valence electrons. The molecule has 0 aliphatic carbocycles. The van der Waals surface area contributed by atoms with Crippen LogP contribution in [0.25, 0.3) is 0 Å². The van der Waals surface area contributed by atoms with Crippen molar-refractivity contribution in [1.29, 1.82) is 0 Å². The Morgan fingerprint density at radius 2 is 0.647 bits per heavy atom. The molecule has 0 amide bonds. The number of rotatable bonds is 39. The smallest absolute Gasteiger partial charge is 0.306 e. The first-order valence-corrected chi connectivity index (χ1v) is 22.2. The minimum Gasteiger partial charge on any atom is -0.462 e. The van der Waals surface area contributed by atoms with E-state index in [0.717, 1.165) is 69.6 Å². The van der Waals surface area contributed by atoms with Crippen LogP contribution in [0.15, 0.2) is 0 Å². The molecule has 0 spiro atoms. The third-order valence-corrected chi connectivity index (χ3v) is 9.97. The monoisotopic (exact) mass is 723 g/mol. The molecule has 1 atom stereocenters. The van der Waals surface area contributed by atoms with E-state index < -0.39 is 6.10 Å². The van der Waals surface area contributed by atoms with Crippen LogP contribution in [-0.2, 0) is 28.6 Å². The van der Waals surface area contributed by atoms with Crippen molar-refractivity contribution in [3.05, 3.63) is 0 Å². The normalized spacial score (nSPS) is 12.1. The molecule has 0 unspecified atom stereocenters. The van der Waals surface area contributed by atoms with E-state index in [1.165, 1.54) is 128 Å². The quantitative estimate of drug-likeness (QED) is 0.0357. The van der Waals surface area contributed by atoms with Gasteiger partial charge in [-0.05, 0) is 31.1 Å². The average Bonchev–Trinajstić information content (AvgIpc) is 3.09. The fourth-order valence-corrected chi connectivity index (χ4v) is 6.58. The third-order valence-electron chi connectivity index (χ3n) is 9.97. The van der Waals surface area contributed by atoms with Gasteiger partial charge in [0.1, 0.15) is 13.2 Å². The molecule has 6 nitrogen and oxygen atoms in total. The summed E-state index contributed by atoms with van der Waals surface area (Å²) in [5, 5.41) is 0. The highest BCUT2D eigenvalue weighted by molar-refractivity contribution is 5.71. The topological polar surface area (TPSA) is 78.9 Å². The number of hydrogen-bond acceptors (Lipinski definition) is 6. The molecule has 0 aliphatic rings. The largest absolute Gasteiger partial charge is 0.462 e. The molecule has 0 fully saturated rings. The molecule has 0 aromatic heterocycles. The third kappa shape index (κ3) is 39.5. The standard InChI is InChI=1S/C45H86O6/c1-6-7-8-9-10-14-21-27-32-37-45(48)51-42(39-50-44(47)36-31-26-22-17-19-24-29-34-41(4)5)38-49-43(46)35-30-25-20-16-13-11-12-15-18-23-28-33-40(2)3/h40-42H,6-39H2,1-5H3/t42-/m1/s1. The Morgan fingerprint density at radius 3 is 0.961 bits per heavy atom. The van der Waals surface area contributed by atoms with Gasteiger partial charge in [-0.1, -0.05) is 202 Å². The molecule has 0 radical (unpaired) electrons. The highest BCUT2D eigenvalue weighted by Gasteiger charge is 2.19. The number of carbonyl (C=O) groups excluding carboxylic acids is 3. The van der Waals surface area contributed by atoms with E-state index in [1.807, 2.05) is 0 Å². The van der Waals surface area contributed by atoms with Gasteiger partial charge in [0.15, 0.2) is 6.10 Å². The van der Waals surface area contributed by atoms with E-state index in [9.17, 15) is 14.4 Å². The highest BCUT2D eigenvalue weighted by Crippen LogP contribution is 2.16. The maximum atomic E-state index is 12.6. The summed E-state index contributed by atoms with van der Waals surface area (Å²) in [6, 6.07) is 0. The fraction of sp³-hybridized carbons (Fsp3) is 0.933. The van der Waals surface area contributed by atoms with Gasteiger partial charge < -0.3 is 14.2 Å². The van der Waals surface area contributed by atoms with Crippen molar-refractivity contribution in [2.75, 3.05) is 13.2 Å². The summed E-state index contributed by atoms with van der Waals surface area (Å²) >= 11 is 0. The van der Waals surface area contributed by atoms with Crippen molar-refractivity contribution in [2.45, 2.75) is 246 Å². The van der Waals surface area contributed by atoms with Gasteiger partial charge in [0.25, 0.3) is 0 Å². The van der Waals surface area contributed by atoms with E-state index in [2.05, 4.69) is 34.6 Å². The minimum atomic E-state index is -0.759. The molecule has 0 saturated carbocycles. The molecule has 0 aromatic carbocycles. The Labute approximate surface area is 317 Å². The molecular formula is C45H86O6. The first-order chi connectivity index (χ1) is 24.7. The summed E-state index contributed by atoms with van der Waals surface area (Å²) < 4.78 is 16.7. The summed E-state index contributed by atoms with van der Waals surface area (Å²) in [5.41, 5.74) is 0. The van der Waals surface area contributed by atoms with Gasteiger partial charge in [0, 0.05) is 19.3 Å². The van der Waals surface area contributed by atoms with Crippen molar-refractivity contribution in [3.8, 4) is 0 Å². The lowest BCUT2D eigenvalue weighted by Gasteiger charge is -2.18. The Balaban J connectivity index is 4.30. The van der Waals surface area contributed by atoms with Gasteiger partial charge >= 0.3 is 17.9 Å². The van der Waals surface area contributed by atoms with E-state index in [0.29, 0.717) is 19.3 Å². The zero-order valence-corrected chi connectivity index (χ0v) is 34.7. The number of hydrogen-bond donors (Lipinski definition) is 0. The lowest BCUT2D eigenvalue weighted by molar-refractivity contribution is -0.167. The van der Waals surface area contributed by atoms with Crippen molar-refractivity contribution >= 4 is 17.9 Å². The zero-order valence-electron chi connectivity index (χ0n) is 34.7. The lowest BCUT2D eigenvalue weighted by Crippen LogP contribution is -2.30. The SMILES string of the molecule is CCCCCCCCCCCC(=O)O[C@H](COC(=O)CCCCCCCCCCCCCC(C)C)COC(=O)CCCCCCCCCC(C)C. The highest BCUT2D eigenvalue weighted by atomic mass is 16.6. The summed E-state index contributed by atoms with van der Waals surface area (Å²) in [5.74, 6) is 0.745. The first-order valence-electron chi connectivity index (χ1n) is 22.2. The van der Waals surface area contributed by atoms with Crippen LogP contribution >= 0.6 is 0 Å². The van der Waals surface area contributed by atoms with E-state index >= 15 is 0 Å². The second-order valence-corrected chi connectivity index (χ2v) is 16.3. The van der Waals surface area contributed by atoms with Crippen LogP contribution in [0.1, 0.15) is 240 Å². The predicted octanol–water partition coefficient (Wildman–Crippen LogP) is 13.8. The fourth-order valence-electron chi connectivity index (χ4n) is 6.58. The van der Waals surface area contributed by atoms with Gasteiger partial charge in [-0.15, -0.1) is 0 Å². The molecule has 0 N–H and O–H groups in total. The van der Waals surface area contributed by atoms with Gasteiger partial charge in [-0.25, -0.2) is 0 Å². The summed E-state index contributed by atoms with van der Waals surface area (Å²) in [7, 11) is 0. The molecule has 0 bridgehead atoms. The minimum absolute atomic E-state index is 0.0656. The molecule has 0 aromatic rings. The van der Waals surface area contributed by atoms with Crippen LogP contribution in [0, 0.1) is 11.8 Å². The van der Waals surface area contributed by atoms with Crippen molar-refractivity contribution in [2.24, 2.45) is 11.8 Å². The maximum absolute atomic E-state index is 12.6. The van der Waals surface area contributed by atoms with E-state index in [1.54, 1.807) is 0 Å². The van der Waals surface area contributed by atoms with Crippen LogP contribution in [0.5, 0.6) is 0 Å². The van der Waals surface area contributed by atoms with Crippen LogP contribution in [0.2, 0.25) is 0 Å². The summed E-state index contributed by atoms with van der Waals surface area (Å²) in [6.45, 7) is 11.3. The number of ether oxygens (including phenoxy) is 3. The van der Waals surface area contributed by atoms with Crippen LogP contribution < -0.4 is 0 Å². The molecular weight excluding hydrogens is 636 g/mol. The maximum Gasteiger partial charge on any atom is 0.306 e. The number of carbonyl (C=O) groups is 3. The van der Waals surface area contributed by atoms with Gasteiger partial charge in [-0.3, -0.25) is 14.4 Å². The molecule has 0 saturated heterocycles. The lowest BCUT2D eigenvalue weighted by atomic mass is 10.0. The summed E-state index contributed by atoms with van der Waals surface area (Å²) in [6.07, 6.45) is 35.2. The van der Waals surface area contributed by atoms with Gasteiger partial charge in [0.05, 0.1) is 0 Å². The molecule has 0 heterocycles. The van der Waals surface area contributed by atoms with Crippen molar-refractivity contribution in [1.82, 2.24) is 0 Å². The zero-order chi connectivity index (χ0) is 37.6. The Bertz CT molecular complexity index is 779. The number of esters is 3. The molecule has 6 heteroatoms. The van der Waals surface area contributed by atoms with Gasteiger partial charge in [0.2, 0.25) is 0 Å². The van der Waals surface area contributed by atoms with Crippen molar-refractivity contribution in [3.63, 3.8) is 0 Å². The van der Waals surface area contributed by atoms with Crippen molar-refractivity contribution < 1.29 is 28.6 Å². The first kappa shape index (κ1) is 49.4. The molecule has 0 aliphatic heterocycles. The van der Waals surface area contributed by atoms with E-state index in [4.69, 9.17) is 14.2 Å². The Hall–Kier alpha value is -1.59. The molecule has 51 heavy (non-hydrogen) atoms.